The van der Waals surface area contributed by atoms with Crippen molar-refractivity contribution in [1.29, 1.82) is 0 Å². The van der Waals surface area contributed by atoms with Crippen molar-refractivity contribution < 1.29 is 9.47 Å². The minimum absolute atomic E-state index is 0. The number of halogens is 1. The SMILES string of the molecule is CN=C(NCc1nc(-c2ccc(OC)cc2)n[nH]1)NCC1Cc2ccccc2O1.I. The zero-order valence-corrected chi connectivity index (χ0v) is 19.2. The van der Waals surface area contributed by atoms with Gasteiger partial charge in [0.2, 0.25) is 0 Å². The smallest absolute Gasteiger partial charge is 0.191 e. The fourth-order valence-corrected chi connectivity index (χ4v) is 3.21. The molecule has 9 heteroatoms. The van der Waals surface area contributed by atoms with E-state index in [4.69, 9.17) is 9.47 Å². The van der Waals surface area contributed by atoms with Crippen LogP contribution >= 0.6 is 24.0 Å². The molecule has 0 bridgehead atoms. The van der Waals surface area contributed by atoms with Gasteiger partial charge in [-0.25, -0.2) is 4.98 Å². The first-order chi connectivity index (χ1) is 14.2. The van der Waals surface area contributed by atoms with Crippen molar-refractivity contribution in [2.45, 2.75) is 19.1 Å². The molecule has 0 radical (unpaired) electrons. The molecule has 8 nitrogen and oxygen atoms in total. The van der Waals surface area contributed by atoms with E-state index in [1.54, 1.807) is 14.2 Å². The second-order valence-corrected chi connectivity index (χ2v) is 6.69. The highest BCUT2D eigenvalue weighted by molar-refractivity contribution is 14.0. The molecule has 0 saturated carbocycles. The molecule has 3 aromatic rings. The summed E-state index contributed by atoms with van der Waals surface area (Å²) in [4.78, 5) is 8.79. The van der Waals surface area contributed by atoms with Gasteiger partial charge in [0.15, 0.2) is 11.8 Å². The molecule has 0 amide bonds. The summed E-state index contributed by atoms with van der Waals surface area (Å²) in [7, 11) is 3.38. The van der Waals surface area contributed by atoms with Crippen molar-refractivity contribution in [3.8, 4) is 22.9 Å². The molecule has 1 aliphatic heterocycles. The van der Waals surface area contributed by atoms with E-state index in [2.05, 4.69) is 36.9 Å². The van der Waals surface area contributed by atoms with Crippen LogP contribution in [0.4, 0.5) is 0 Å². The minimum Gasteiger partial charge on any atom is -0.497 e. The van der Waals surface area contributed by atoms with Crippen LogP contribution in [0, 0.1) is 0 Å². The number of benzene rings is 2. The van der Waals surface area contributed by atoms with E-state index < -0.39 is 0 Å². The molecule has 2 heterocycles. The summed E-state index contributed by atoms with van der Waals surface area (Å²) in [5, 5.41) is 13.8. The topological polar surface area (TPSA) is 96.5 Å². The maximum Gasteiger partial charge on any atom is 0.191 e. The number of hydrogen-bond donors (Lipinski definition) is 3. The third-order valence-corrected chi connectivity index (χ3v) is 4.74. The summed E-state index contributed by atoms with van der Waals surface area (Å²) < 4.78 is 11.1. The van der Waals surface area contributed by atoms with Crippen LogP contribution in [0.2, 0.25) is 0 Å². The molecule has 1 unspecified atom stereocenters. The third-order valence-electron chi connectivity index (χ3n) is 4.74. The van der Waals surface area contributed by atoms with Gasteiger partial charge in [-0.2, -0.15) is 5.10 Å². The number of guanidine groups is 1. The van der Waals surface area contributed by atoms with Gasteiger partial charge in [-0.15, -0.1) is 24.0 Å². The van der Waals surface area contributed by atoms with Gasteiger partial charge in [-0.3, -0.25) is 10.1 Å². The van der Waals surface area contributed by atoms with Crippen LogP contribution in [-0.4, -0.2) is 47.9 Å². The minimum atomic E-state index is 0. The number of rotatable bonds is 6. The van der Waals surface area contributed by atoms with Gasteiger partial charge < -0.3 is 20.1 Å². The monoisotopic (exact) mass is 520 g/mol. The molecule has 30 heavy (non-hydrogen) atoms. The zero-order valence-electron chi connectivity index (χ0n) is 16.9. The molecule has 158 valence electrons. The van der Waals surface area contributed by atoms with Gasteiger partial charge >= 0.3 is 0 Å². The number of ether oxygens (including phenoxy) is 2. The van der Waals surface area contributed by atoms with Gasteiger partial charge in [0.25, 0.3) is 0 Å². The molecule has 2 aromatic carbocycles. The largest absolute Gasteiger partial charge is 0.497 e. The highest BCUT2D eigenvalue weighted by Gasteiger charge is 2.22. The number of aromatic amines is 1. The van der Waals surface area contributed by atoms with E-state index in [1.165, 1.54) is 5.56 Å². The lowest BCUT2D eigenvalue weighted by atomic mass is 10.1. The number of aliphatic imine (C=N–C) groups is 1. The standard InChI is InChI=1S/C21H24N6O2.HI/c1-22-21(23-12-17-11-15-5-3-4-6-18(15)29-17)24-13-19-25-20(27-26-19)14-7-9-16(28-2)10-8-14;/h3-10,17H,11-13H2,1-2H3,(H2,22,23,24)(H,25,26,27);1H. The average Bonchev–Trinajstić information content (AvgIpc) is 3.40. The summed E-state index contributed by atoms with van der Waals surface area (Å²) in [6.07, 6.45) is 0.992. The molecule has 0 aliphatic carbocycles. The van der Waals surface area contributed by atoms with Gasteiger partial charge in [-0.05, 0) is 35.9 Å². The average molecular weight is 520 g/mol. The lowest BCUT2D eigenvalue weighted by Crippen LogP contribution is -2.42. The van der Waals surface area contributed by atoms with Gasteiger partial charge in [0.1, 0.15) is 23.4 Å². The molecule has 4 rings (SSSR count). The normalized spacial score (nSPS) is 15.0. The Morgan fingerprint density at radius 2 is 2.00 bits per heavy atom. The molecule has 1 aliphatic rings. The third kappa shape index (κ3) is 5.21. The summed E-state index contributed by atoms with van der Waals surface area (Å²) in [6.45, 7) is 1.15. The predicted molar refractivity (Wildman–Crippen MR) is 127 cm³/mol. The molecular weight excluding hydrogens is 495 g/mol. The Hall–Kier alpha value is -2.82. The first-order valence-electron chi connectivity index (χ1n) is 9.50. The number of H-pyrrole nitrogens is 1. The van der Waals surface area contributed by atoms with E-state index in [-0.39, 0.29) is 30.1 Å². The van der Waals surface area contributed by atoms with Crippen LogP contribution in [0.3, 0.4) is 0 Å². The van der Waals surface area contributed by atoms with Gasteiger partial charge in [-0.1, -0.05) is 18.2 Å². The van der Waals surface area contributed by atoms with Crippen molar-refractivity contribution in [3.63, 3.8) is 0 Å². The Morgan fingerprint density at radius 3 is 2.73 bits per heavy atom. The number of nitrogens with zero attached hydrogens (tertiary/aromatic N) is 3. The van der Waals surface area contributed by atoms with Crippen molar-refractivity contribution in [2.24, 2.45) is 4.99 Å². The summed E-state index contributed by atoms with van der Waals surface area (Å²) >= 11 is 0. The summed E-state index contributed by atoms with van der Waals surface area (Å²) in [5.74, 6) is 3.82. The van der Waals surface area contributed by atoms with Crippen molar-refractivity contribution >= 4 is 29.9 Å². The second-order valence-electron chi connectivity index (χ2n) is 6.69. The van der Waals surface area contributed by atoms with Crippen LogP contribution in [0.1, 0.15) is 11.4 Å². The number of para-hydroxylation sites is 1. The number of fused-ring (bicyclic) bond motifs is 1. The first-order valence-corrected chi connectivity index (χ1v) is 9.50. The van der Waals surface area contributed by atoms with E-state index in [0.717, 1.165) is 29.3 Å². The molecule has 0 fully saturated rings. The molecule has 0 spiro atoms. The Labute approximate surface area is 192 Å². The number of aromatic nitrogens is 3. The van der Waals surface area contributed by atoms with E-state index in [9.17, 15) is 0 Å². The maximum atomic E-state index is 5.95. The van der Waals surface area contributed by atoms with Gasteiger partial charge in [0.05, 0.1) is 20.2 Å². The Morgan fingerprint density at radius 1 is 1.20 bits per heavy atom. The summed E-state index contributed by atoms with van der Waals surface area (Å²) in [5.41, 5.74) is 2.17. The van der Waals surface area contributed by atoms with Crippen LogP contribution in [0.25, 0.3) is 11.4 Å². The molecule has 0 saturated heterocycles. The lowest BCUT2D eigenvalue weighted by molar-refractivity contribution is 0.235. The van der Waals surface area contributed by atoms with Crippen molar-refractivity contribution in [2.75, 3.05) is 20.7 Å². The maximum absolute atomic E-state index is 5.95. The number of methoxy groups -OCH3 is 1. The van der Waals surface area contributed by atoms with Gasteiger partial charge in [0, 0.05) is 19.0 Å². The summed E-state index contributed by atoms with van der Waals surface area (Å²) in [6, 6.07) is 15.8. The van der Waals surface area contributed by atoms with E-state index in [0.29, 0.717) is 24.9 Å². The van der Waals surface area contributed by atoms with Crippen LogP contribution in [0.15, 0.2) is 53.5 Å². The molecule has 3 N–H and O–H groups in total. The Balaban J connectivity index is 0.00000256. The fraction of sp³-hybridized carbons (Fsp3) is 0.286. The first kappa shape index (κ1) is 21.9. The van der Waals surface area contributed by atoms with Crippen LogP contribution in [-0.2, 0) is 13.0 Å². The second kappa shape index (κ2) is 10.3. The molecule has 1 atom stereocenters. The van der Waals surface area contributed by atoms with E-state index in [1.807, 2.05) is 42.5 Å². The number of nitrogens with one attached hydrogen (secondary N) is 3. The quantitative estimate of drug-likeness (QED) is 0.263. The van der Waals surface area contributed by atoms with E-state index >= 15 is 0 Å². The molecule has 1 aromatic heterocycles. The highest BCUT2D eigenvalue weighted by atomic mass is 127. The zero-order chi connectivity index (χ0) is 20.1. The predicted octanol–water partition coefficient (Wildman–Crippen LogP) is 2.77. The van der Waals surface area contributed by atoms with Crippen molar-refractivity contribution in [1.82, 2.24) is 25.8 Å². The molecular formula is C21H25IN6O2. The van der Waals surface area contributed by atoms with Crippen molar-refractivity contribution in [3.05, 3.63) is 59.9 Å². The van der Waals surface area contributed by atoms with Crippen LogP contribution < -0.4 is 20.1 Å². The Bertz CT molecular complexity index is 964. The lowest BCUT2D eigenvalue weighted by Gasteiger charge is -2.15. The number of hydrogen-bond acceptors (Lipinski definition) is 5. The highest BCUT2D eigenvalue weighted by Crippen LogP contribution is 2.27. The van der Waals surface area contributed by atoms with Crippen LogP contribution in [0.5, 0.6) is 11.5 Å². The Kier molecular flexibility index (Phi) is 7.50. The fourth-order valence-electron chi connectivity index (χ4n) is 3.21.